The lowest BCUT2D eigenvalue weighted by Crippen LogP contribution is -2.48. The molecule has 1 heterocycles. The third kappa shape index (κ3) is 4.08. The molecule has 1 amide bonds. The van der Waals surface area contributed by atoms with E-state index >= 15 is 0 Å². The van der Waals surface area contributed by atoms with Crippen LogP contribution in [0.5, 0.6) is 28.7 Å². The number of nitrogens with zero attached hydrogens (tertiary/aromatic N) is 1. The molecule has 2 aromatic carbocycles. The van der Waals surface area contributed by atoms with Crippen LogP contribution in [-0.2, 0) is 15.3 Å². The molecule has 0 saturated carbocycles. The quantitative estimate of drug-likeness (QED) is 0.342. The lowest BCUT2D eigenvalue weighted by molar-refractivity contribution is -0.119. The van der Waals surface area contributed by atoms with Crippen molar-refractivity contribution in [2.24, 2.45) is 0 Å². The smallest absolute Gasteiger partial charge is 0.488 e. The van der Waals surface area contributed by atoms with Crippen LogP contribution in [0.25, 0.3) is 0 Å². The summed E-state index contributed by atoms with van der Waals surface area (Å²) in [5, 5.41) is 0. The molecule has 11 heteroatoms. The molecular weight excluding hydrogens is 433 g/mol. The van der Waals surface area contributed by atoms with Gasteiger partial charge in [-0.25, -0.2) is 0 Å². The lowest BCUT2D eigenvalue weighted by Gasteiger charge is -2.42. The van der Waals surface area contributed by atoms with Crippen molar-refractivity contribution in [2.45, 2.75) is 6.04 Å². The van der Waals surface area contributed by atoms with Crippen LogP contribution in [0, 0.1) is 0 Å². The summed E-state index contributed by atoms with van der Waals surface area (Å²) in [7, 11) is 0.336. The van der Waals surface area contributed by atoms with E-state index < -0.39 is 16.5 Å². The van der Waals surface area contributed by atoms with Crippen molar-refractivity contribution in [1.82, 2.24) is 0 Å². The summed E-state index contributed by atoms with van der Waals surface area (Å²) in [6.45, 7) is 3.80. The Kier molecular flexibility index (Phi) is 5.98. The molecule has 1 aliphatic rings. The fraction of sp³-hybridized carbons (Fsp3) is 0.250. The normalized spacial score (nSPS) is 15.9. The first-order valence-corrected chi connectivity index (χ1v) is 10.1. The third-order valence-corrected chi connectivity index (χ3v) is 5.08. The summed E-state index contributed by atoms with van der Waals surface area (Å²) < 4.78 is 60.4. The summed E-state index contributed by atoms with van der Waals surface area (Å²) in [6, 6.07) is 6.76. The maximum atomic E-state index is 13.1. The SMILES string of the molecule is C=C1C(=O)N(c2cc(OC)c(OC)c(OC)c2)[C@H]1c1ccc(OC)c(OS(=O)(=O)F)c1. The van der Waals surface area contributed by atoms with Gasteiger partial charge in [0.15, 0.2) is 23.0 Å². The molecule has 0 radical (unpaired) electrons. The minimum Gasteiger partial charge on any atom is -0.493 e. The van der Waals surface area contributed by atoms with Crippen molar-refractivity contribution in [3.05, 3.63) is 48.0 Å². The van der Waals surface area contributed by atoms with Gasteiger partial charge in [-0.05, 0) is 17.7 Å². The third-order valence-electron chi connectivity index (χ3n) is 4.70. The molecule has 3 rings (SSSR count). The molecule has 0 N–H and O–H groups in total. The molecule has 0 unspecified atom stereocenters. The highest BCUT2D eigenvalue weighted by atomic mass is 32.3. The van der Waals surface area contributed by atoms with Crippen LogP contribution in [-0.4, -0.2) is 42.8 Å². The number of hydrogen-bond donors (Lipinski definition) is 0. The largest absolute Gasteiger partial charge is 0.493 e. The number of halogens is 1. The number of rotatable bonds is 8. The predicted molar refractivity (Wildman–Crippen MR) is 109 cm³/mol. The van der Waals surface area contributed by atoms with Crippen molar-refractivity contribution >= 4 is 22.1 Å². The van der Waals surface area contributed by atoms with E-state index in [2.05, 4.69) is 10.8 Å². The number of methoxy groups -OCH3 is 4. The Morgan fingerprint density at radius 1 is 0.903 bits per heavy atom. The van der Waals surface area contributed by atoms with E-state index in [1.165, 1.54) is 45.5 Å². The minimum absolute atomic E-state index is 0.000531. The summed E-state index contributed by atoms with van der Waals surface area (Å²) in [5.74, 6) is 0.299. The van der Waals surface area contributed by atoms with Gasteiger partial charge in [-0.3, -0.25) is 9.69 Å². The molecule has 0 bridgehead atoms. The summed E-state index contributed by atoms with van der Waals surface area (Å²) in [6.07, 6.45) is 0. The van der Waals surface area contributed by atoms with Gasteiger partial charge in [0.2, 0.25) is 5.75 Å². The number of hydrogen-bond acceptors (Lipinski definition) is 8. The van der Waals surface area contributed by atoms with E-state index in [0.717, 1.165) is 0 Å². The fourth-order valence-electron chi connectivity index (χ4n) is 3.34. The van der Waals surface area contributed by atoms with Crippen LogP contribution in [0.2, 0.25) is 0 Å². The number of benzene rings is 2. The van der Waals surface area contributed by atoms with Crippen LogP contribution < -0.4 is 28.0 Å². The monoisotopic (exact) mass is 453 g/mol. The van der Waals surface area contributed by atoms with Crippen molar-refractivity contribution < 1.29 is 40.2 Å². The molecular formula is C20H20FNO8S. The maximum Gasteiger partial charge on any atom is 0.488 e. The Bertz CT molecular complexity index is 1120. The number of carbonyl (C=O) groups is 1. The standard InChI is InChI=1S/C20H20FNO8S/c1-11-18(12-6-7-14(26-2)15(8-12)30-31(21,24)25)22(20(11)23)13-9-16(27-3)19(29-5)17(10-13)28-4/h6-10,18H,1H2,2-5H3/t18-/m1/s1. The second kappa shape index (κ2) is 8.34. The van der Waals surface area contributed by atoms with Crippen molar-refractivity contribution in [3.8, 4) is 28.7 Å². The van der Waals surface area contributed by atoms with Crippen molar-refractivity contribution in [1.29, 1.82) is 0 Å². The molecule has 31 heavy (non-hydrogen) atoms. The molecule has 1 atom stereocenters. The van der Waals surface area contributed by atoms with E-state index in [1.54, 1.807) is 18.2 Å². The number of carbonyl (C=O) groups excluding carboxylic acids is 1. The number of amides is 1. The van der Waals surface area contributed by atoms with Gasteiger partial charge in [0.25, 0.3) is 5.91 Å². The Hall–Kier alpha value is -3.47. The zero-order chi connectivity index (χ0) is 22.9. The molecule has 9 nitrogen and oxygen atoms in total. The van der Waals surface area contributed by atoms with E-state index in [-0.39, 0.29) is 23.0 Å². The van der Waals surface area contributed by atoms with E-state index in [1.807, 2.05) is 0 Å². The van der Waals surface area contributed by atoms with Crippen LogP contribution in [0.3, 0.4) is 0 Å². The zero-order valence-electron chi connectivity index (χ0n) is 17.2. The van der Waals surface area contributed by atoms with Gasteiger partial charge in [0.05, 0.1) is 40.2 Å². The molecule has 1 fully saturated rings. The highest BCUT2D eigenvalue weighted by Crippen LogP contribution is 2.48. The topological polar surface area (TPSA) is 101 Å². The Labute approximate surface area is 178 Å². The first-order valence-electron chi connectivity index (χ1n) is 8.79. The molecule has 1 aliphatic heterocycles. The number of β-lactam (4-membered cyclic amide) rings is 1. The highest BCUT2D eigenvalue weighted by molar-refractivity contribution is 7.81. The lowest BCUT2D eigenvalue weighted by atomic mass is 9.88. The van der Waals surface area contributed by atoms with E-state index in [0.29, 0.717) is 28.5 Å². The number of ether oxygens (including phenoxy) is 4. The Morgan fingerprint density at radius 3 is 1.97 bits per heavy atom. The second-order valence-electron chi connectivity index (χ2n) is 6.37. The van der Waals surface area contributed by atoms with Crippen LogP contribution in [0.15, 0.2) is 42.5 Å². The molecule has 0 aromatic heterocycles. The van der Waals surface area contributed by atoms with E-state index in [9.17, 15) is 17.1 Å². The van der Waals surface area contributed by atoms with Crippen LogP contribution in [0.4, 0.5) is 9.57 Å². The first kappa shape index (κ1) is 22.2. The van der Waals surface area contributed by atoms with Gasteiger partial charge >= 0.3 is 10.5 Å². The zero-order valence-corrected chi connectivity index (χ0v) is 18.0. The second-order valence-corrected chi connectivity index (χ2v) is 7.33. The van der Waals surface area contributed by atoms with Crippen molar-refractivity contribution in [3.63, 3.8) is 0 Å². The Balaban J connectivity index is 2.08. The van der Waals surface area contributed by atoms with Gasteiger partial charge in [-0.1, -0.05) is 16.5 Å². The molecule has 1 saturated heterocycles. The maximum absolute atomic E-state index is 13.1. The average Bonchev–Trinajstić information content (AvgIpc) is 2.74. The summed E-state index contributed by atoms with van der Waals surface area (Å²) >= 11 is 0. The summed E-state index contributed by atoms with van der Waals surface area (Å²) in [4.78, 5) is 14.0. The van der Waals surface area contributed by atoms with Crippen LogP contribution in [0.1, 0.15) is 11.6 Å². The molecule has 0 aliphatic carbocycles. The molecule has 0 spiro atoms. The summed E-state index contributed by atoms with van der Waals surface area (Å²) in [5.41, 5.74) is 1.10. The van der Waals surface area contributed by atoms with Crippen LogP contribution >= 0.6 is 0 Å². The highest BCUT2D eigenvalue weighted by Gasteiger charge is 2.43. The number of anilines is 1. The molecule has 166 valence electrons. The molecule has 2 aromatic rings. The fourth-order valence-corrected chi connectivity index (χ4v) is 3.68. The van der Waals surface area contributed by atoms with Gasteiger partial charge in [0, 0.05) is 17.7 Å². The first-order chi connectivity index (χ1) is 14.6. The predicted octanol–water partition coefficient (Wildman–Crippen LogP) is 2.96. The Morgan fingerprint density at radius 2 is 1.48 bits per heavy atom. The van der Waals surface area contributed by atoms with Crippen molar-refractivity contribution in [2.75, 3.05) is 33.3 Å². The van der Waals surface area contributed by atoms with Gasteiger partial charge in [-0.15, -0.1) is 0 Å². The minimum atomic E-state index is -5.29. The average molecular weight is 453 g/mol. The van der Waals surface area contributed by atoms with Gasteiger partial charge < -0.3 is 23.1 Å². The van der Waals surface area contributed by atoms with Gasteiger partial charge in [0.1, 0.15) is 0 Å². The van der Waals surface area contributed by atoms with Gasteiger partial charge in [-0.2, -0.15) is 8.42 Å². The van der Waals surface area contributed by atoms with E-state index in [4.69, 9.17) is 18.9 Å².